The average molecular weight is 208 g/mol. The van der Waals surface area contributed by atoms with Gasteiger partial charge < -0.3 is 20.4 Å². The fourth-order valence-corrected chi connectivity index (χ4v) is 0.214. The lowest BCUT2D eigenvalue weighted by Gasteiger charge is -1.85. The van der Waals surface area contributed by atoms with Crippen molar-refractivity contribution in [3.8, 4) is 0 Å². The summed E-state index contributed by atoms with van der Waals surface area (Å²) >= 11 is 0. The highest BCUT2D eigenvalue weighted by Gasteiger charge is 2.04. The molecule has 14 heavy (non-hydrogen) atoms. The monoisotopic (exact) mass is 208 g/mol. The molecule has 0 amide bonds. The number of hydrogen-bond acceptors (Lipinski definition) is 4. The molecule has 0 rings (SSSR count). The lowest BCUT2D eigenvalue weighted by molar-refractivity contribution is -0.159. The van der Waals surface area contributed by atoms with E-state index in [-0.39, 0.29) is 12.8 Å². The van der Waals surface area contributed by atoms with Crippen LogP contribution in [0.3, 0.4) is 0 Å². The van der Waals surface area contributed by atoms with Gasteiger partial charge in [0.15, 0.2) is 0 Å². The van der Waals surface area contributed by atoms with Gasteiger partial charge in [0.1, 0.15) is 0 Å². The first-order valence-corrected chi connectivity index (χ1v) is 3.17. The van der Waals surface area contributed by atoms with E-state index in [4.69, 9.17) is 30.0 Å². The quantitative estimate of drug-likeness (QED) is 0.435. The highest BCUT2D eigenvalue weighted by molar-refractivity contribution is 6.27. The van der Waals surface area contributed by atoms with Crippen LogP contribution >= 0.6 is 0 Å². The molecule has 0 fully saturated rings. The lowest BCUT2D eigenvalue weighted by atomic mass is 10.3. The second-order valence-corrected chi connectivity index (χ2v) is 1.90. The van der Waals surface area contributed by atoms with Crippen LogP contribution in [0.15, 0.2) is 0 Å². The normalized spacial score (nSPS) is 8.00. The van der Waals surface area contributed by atoms with Crippen LogP contribution in [0.5, 0.6) is 0 Å². The minimum absolute atomic E-state index is 0.296. The van der Waals surface area contributed by atoms with Crippen molar-refractivity contribution in [3.05, 3.63) is 0 Å². The van der Waals surface area contributed by atoms with Gasteiger partial charge in [-0.25, -0.2) is 9.59 Å². The molecule has 0 heterocycles. The van der Waals surface area contributed by atoms with Crippen LogP contribution in [0.2, 0.25) is 0 Å². The van der Waals surface area contributed by atoms with E-state index in [1.165, 1.54) is 0 Å². The zero-order chi connectivity index (χ0) is 11.7. The van der Waals surface area contributed by atoms with E-state index in [1.807, 2.05) is 0 Å². The standard InChI is InChI=1S/C4H6O4.C2H2O4/c5-3(6)1-2-4(7)8;3-1(4)2(5)6/h1-2H2,(H,5,6)(H,7,8);(H,3,4)(H,5,6). The molecule has 8 nitrogen and oxygen atoms in total. The molecule has 80 valence electrons. The fraction of sp³-hybridized carbons (Fsp3) is 0.333. The third-order valence-corrected chi connectivity index (χ3v) is 0.736. The van der Waals surface area contributed by atoms with Gasteiger partial charge in [-0.1, -0.05) is 0 Å². The maximum absolute atomic E-state index is 9.64. The number of carboxylic acids is 4. The first kappa shape index (κ1) is 14.4. The van der Waals surface area contributed by atoms with Gasteiger partial charge in [0.2, 0.25) is 0 Å². The van der Waals surface area contributed by atoms with Crippen molar-refractivity contribution in [2.45, 2.75) is 12.8 Å². The molecule has 4 N–H and O–H groups in total. The van der Waals surface area contributed by atoms with Gasteiger partial charge in [-0.05, 0) is 0 Å². The second-order valence-electron chi connectivity index (χ2n) is 1.90. The van der Waals surface area contributed by atoms with Crippen molar-refractivity contribution >= 4 is 23.9 Å². The highest BCUT2D eigenvalue weighted by Crippen LogP contribution is 1.86. The van der Waals surface area contributed by atoms with Gasteiger partial charge in [0.05, 0.1) is 12.8 Å². The Morgan fingerprint density at radius 1 is 0.643 bits per heavy atom. The molecule has 0 aliphatic heterocycles. The molecule has 0 spiro atoms. The molecule has 8 heteroatoms. The zero-order valence-corrected chi connectivity index (χ0v) is 6.84. The first-order chi connectivity index (χ1) is 6.27. The molecule has 0 aliphatic carbocycles. The smallest absolute Gasteiger partial charge is 0.414 e. The summed E-state index contributed by atoms with van der Waals surface area (Å²) in [5.41, 5.74) is 0. The minimum atomic E-state index is -1.82. The van der Waals surface area contributed by atoms with Crippen molar-refractivity contribution in [2.24, 2.45) is 0 Å². The summed E-state index contributed by atoms with van der Waals surface area (Å²) in [5.74, 6) is -5.80. The largest absolute Gasteiger partial charge is 0.481 e. The van der Waals surface area contributed by atoms with Crippen molar-refractivity contribution in [2.75, 3.05) is 0 Å². The van der Waals surface area contributed by atoms with Crippen LogP contribution in [-0.2, 0) is 19.2 Å². The molecule has 0 saturated heterocycles. The van der Waals surface area contributed by atoms with Crippen molar-refractivity contribution in [1.82, 2.24) is 0 Å². The van der Waals surface area contributed by atoms with E-state index in [0.717, 1.165) is 0 Å². The molecule has 0 saturated carbocycles. The Morgan fingerprint density at radius 3 is 0.929 bits per heavy atom. The maximum Gasteiger partial charge on any atom is 0.414 e. The Bertz CT molecular complexity index is 216. The average Bonchev–Trinajstić information content (AvgIpc) is 2.01. The topological polar surface area (TPSA) is 149 Å². The summed E-state index contributed by atoms with van der Waals surface area (Å²) < 4.78 is 0. The maximum atomic E-state index is 9.64. The zero-order valence-electron chi connectivity index (χ0n) is 6.84. The Balaban J connectivity index is 0. The van der Waals surface area contributed by atoms with Crippen molar-refractivity contribution < 1.29 is 39.6 Å². The molecule has 0 atom stereocenters. The molecular weight excluding hydrogens is 200 g/mol. The van der Waals surface area contributed by atoms with Gasteiger partial charge in [0, 0.05) is 0 Å². The van der Waals surface area contributed by atoms with Gasteiger partial charge in [-0.3, -0.25) is 9.59 Å². The van der Waals surface area contributed by atoms with E-state index in [9.17, 15) is 9.59 Å². The van der Waals surface area contributed by atoms with E-state index in [1.54, 1.807) is 0 Å². The molecule has 0 aliphatic rings. The Kier molecular flexibility index (Phi) is 7.74. The summed E-state index contributed by atoms with van der Waals surface area (Å²) in [6.45, 7) is 0. The lowest BCUT2D eigenvalue weighted by Crippen LogP contribution is -2.09. The van der Waals surface area contributed by atoms with Gasteiger partial charge in [-0.15, -0.1) is 0 Å². The van der Waals surface area contributed by atoms with Gasteiger partial charge in [-0.2, -0.15) is 0 Å². The van der Waals surface area contributed by atoms with Crippen molar-refractivity contribution in [1.29, 1.82) is 0 Å². The highest BCUT2D eigenvalue weighted by atomic mass is 16.4. The second kappa shape index (κ2) is 7.53. The first-order valence-electron chi connectivity index (χ1n) is 3.17. The van der Waals surface area contributed by atoms with Crippen molar-refractivity contribution in [3.63, 3.8) is 0 Å². The molecule has 0 unspecified atom stereocenters. The molecule has 0 aromatic heterocycles. The van der Waals surface area contributed by atoms with E-state index in [0.29, 0.717) is 0 Å². The summed E-state index contributed by atoms with van der Waals surface area (Å²) in [5, 5.41) is 30.6. The van der Waals surface area contributed by atoms with Crippen LogP contribution in [-0.4, -0.2) is 44.3 Å². The number of carboxylic acid groups (broad SMARTS) is 4. The third-order valence-electron chi connectivity index (χ3n) is 0.736. The van der Waals surface area contributed by atoms with Gasteiger partial charge in [0.25, 0.3) is 0 Å². The van der Waals surface area contributed by atoms with Crippen LogP contribution in [0.25, 0.3) is 0 Å². The van der Waals surface area contributed by atoms with E-state index >= 15 is 0 Å². The third kappa shape index (κ3) is 16.5. The minimum Gasteiger partial charge on any atom is -0.481 e. The predicted molar refractivity (Wildman–Crippen MR) is 39.8 cm³/mol. The molecule has 0 radical (unpaired) electrons. The molecule has 0 aromatic carbocycles. The van der Waals surface area contributed by atoms with Crippen LogP contribution in [0.4, 0.5) is 0 Å². The number of hydrogen-bond donors (Lipinski definition) is 4. The Labute approximate surface area is 77.4 Å². The fourth-order valence-electron chi connectivity index (χ4n) is 0.214. The SMILES string of the molecule is O=C(O)C(=O)O.O=C(O)CCC(=O)O. The molecular formula is C6H8O8. The van der Waals surface area contributed by atoms with Crippen LogP contribution < -0.4 is 0 Å². The number of rotatable bonds is 3. The number of aliphatic carboxylic acids is 4. The summed E-state index contributed by atoms with van der Waals surface area (Å²) in [4.78, 5) is 37.5. The Hall–Kier alpha value is -2.12. The van der Waals surface area contributed by atoms with Crippen LogP contribution in [0, 0.1) is 0 Å². The predicted octanol–water partition coefficient (Wildman–Crippen LogP) is -0.909. The van der Waals surface area contributed by atoms with E-state index < -0.39 is 23.9 Å². The number of carbonyl (C=O) groups is 4. The van der Waals surface area contributed by atoms with Gasteiger partial charge >= 0.3 is 23.9 Å². The summed E-state index contributed by atoms with van der Waals surface area (Å²) in [6.07, 6.45) is -0.593. The molecule has 0 bridgehead atoms. The van der Waals surface area contributed by atoms with E-state index in [2.05, 4.69) is 0 Å². The Morgan fingerprint density at radius 2 is 0.857 bits per heavy atom. The summed E-state index contributed by atoms with van der Waals surface area (Å²) in [6, 6.07) is 0. The molecule has 0 aromatic rings. The van der Waals surface area contributed by atoms with Crippen LogP contribution in [0.1, 0.15) is 12.8 Å². The summed E-state index contributed by atoms with van der Waals surface area (Å²) in [7, 11) is 0.